The van der Waals surface area contributed by atoms with Crippen LogP contribution >= 0.6 is 12.4 Å². The second kappa shape index (κ2) is 8.41. The first-order chi connectivity index (χ1) is 10.7. The van der Waals surface area contributed by atoms with Crippen molar-refractivity contribution in [3.8, 4) is 11.5 Å². The van der Waals surface area contributed by atoms with Crippen LogP contribution in [-0.2, 0) is 4.79 Å². The largest absolute Gasteiger partial charge is 0.497 e. The van der Waals surface area contributed by atoms with Crippen LogP contribution in [0.5, 0.6) is 11.5 Å². The molecule has 5 nitrogen and oxygen atoms in total. The minimum atomic E-state index is 0. The highest BCUT2D eigenvalue weighted by Crippen LogP contribution is 2.21. The number of hydrogen-bond acceptors (Lipinski definition) is 4. The molecule has 23 heavy (non-hydrogen) atoms. The lowest BCUT2D eigenvalue weighted by molar-refractivity contribution is -0.131. The normalized spacial score (nSPS) is 22.9. The van der Waals surface area contributed by atoms with Gasteiger partial charge in [-0.2, -0.15) is 0 Å². The Morgan fingerprint density at radius 1 is 1.17 bits per heavy atom. The topological polar surface area (TPSA) is 50.8 Å². The van der Waals surface area contributed by atoms with Crippen LogP contribution in [0, 0.1) is 0 Å². The Labute approximate surface area is 143 Å². The summed E-state index contributed by atoms with van der Waals surface area (Å²) in [5, 5.41) is 3.59. The Bertz CT molecular complexity index is 509. The van der Waals surface area contributed by atoms with E-state index in [4.69, 9.17) is 9.47 Å². The first-order valence-corrected chi connectivity index (χ1v) is 8.05. The van der Waals surface area contributed by atoms with E-state index in [0.29, 0.717) is 25.1 Å². The van der Waals surface area contributed by atoms with Crippen LogP contribution in [0.3, 0.4) is 0 Å². The summed E-state index contributed by atoms with van der Waals surface area (Å²) in [6.07, 6.45) is 3.95. The predicted octanol–water partition coefficient (Wildman–Crippen LogP) is 2.24. The van der Waals surface area contributed by atoms with E-state index >= 15 is 0 Å². The summed E-state index contributed by atoms with van der Waals surface area (Å²) in [4.78, 5) is 14.3. The van der Waals surface area contributed by atoms with Gasteiger partial charge in [0.05, 0.1) is 20.1 Å². The zero-order valence-electron chi connectivity index (χ0n) is 13.5. The summed E-state index contributed by atoms with van der Waals surface area (Å²) < 4.78 is 10.7. The Morgan fingerprint density at radius 2 is 1.87 bits per heavy atom. The number of amides is 1. The summed E-state index contributed by atoms with van der Waals surface area (Å²) in [7, 11) is 1.64. The van der Waals surface area contributed by atoms with Crippen molar-refractivity contribution >= 4 is 18.3 Å². The van der Waals surface area contributed by atoms with E-state index in [0.717, 1.165) is 31.0 Å². The van der Waals surface area contributed by atoms with Crippen LogP contribution in [0.1, 0.15) is 25.7 Å². The number of ether oxygens (including phenoxy) is 2. The summed E-state index contributed by atoms with van der Waals surface area (Å²) in [5.41, 5.74) is 0. The van der Waals surface area contributed by atoms with Crippen molar-refractivity contribution in [2.24, 2.45) is 0 Å². The molecule has 0 saturated carbocycles. The van der Waals surface area contributed by atoms with Crippen LogP contribution in [0.25, 0.3) is 0 Å². The fraction of sp³-hybridized carbons (Fsp3) is 0.588. The fourth-order valence-corrected chi connectivity index (χ4v) is 3.26. The van der Waals surface area contributed by atoms with E-state index in [-0.39, 0.29) is 18.3 Å². The van der Waals surface area contributed by atoms with Gasteiger partial charge in [-0.05, 0) is 43.5 Å². The Balaban J connectivity index is 0.00000192. The zero-order chi connectivity index (χ0) is 15.4. The summed E-state index contributed by atoms with van der Waals surface area (Å²) in [6, 6.07) is 8.52. The maximum absolute atomic E-state index is 12.3. The van der Waals surface area contributed by atoms with Gasteiger partial charge in [0.2, 0.25) is 5.91 Å². The van der Waals surface area contributed by atoms with Gasteiger partial charge in [0.15, 0.2) is 0 Å². The van der Waals surface area contributed by atoms with E-state index < -0.39 is 0 Å². The lowest BCUT2D eigenvalue weighted by atomic mass is 10.1. The lowest BCUT2D eigenvalue weighted by Crippen LogP contribution is -2.39. The highest BCUT2D eigenvalue weighted by Gasteiger charge is 2.30. The van der Waals surface area contributed by atoms with Gasteiger partial charge < -0.3 is 19.7 Å². The number of fused-ring (bicyclic) bond motifs is 2. The zero-order valence-corrected chi connectivity index (χ0v) is 14.3. The SMILES string of the molecule is COc1ccc(OCCC(=O)N2CCC3CCC(C2)N3)cc1.Cl. The average molecular weight is 341 g/mol. The monoisotopic (exact) mass is 340 g/mol. The molecule has 0 radical (unpaired) electrons. The maximum atomic E-state index is 12.3. The summed E-state index contributed by atoms with van der Waals surface area (Å²) in [5.74, 6) is 1.77. The lowest BCUT2D eigenvalue weighted by Gasteiger charge is -2.24. The third kappa shape index (κ3) is 4.75. The van der Waals surface area contributed by atoms with Gasteiger partial charge in [-0.3, -0.25) is 4.79 Å². The molecule has 2 heterocycles. The van der Waals surface area contributed by atoms with E-state index in [1.807, 2.05) is 29.2 Å². The molecule has 2 bridgehead atoms. The molecule has 3 rings (SSSR count). The molecule has 2 atom stereocenters. The van der Waals surface area contributed by atoms with Crippen LogP contribution in [0.15, 0.2) is 24.3 Å². The second-order valence-electron chi connectivity index (χ2n) is 6.04. The molecule has 2 fully saturated rings. The predicted molar refractivity (Wildman–Crippen MR) is 91.5 cm³/mol. The van der Waals surface area contributed by atoms with Gasteiger partial charge in [-0.25, -0.2) is 0 Å². The standard InChI is InChI=1S/C17H24N2O3.ClH/c1-21-15-4-6-16(7-5-15)22-11-9-17(20)19-10-8-13-2-3-14(12-19)18-13;/h4-7,13-14,18H,2-3,8-12H2,1H3;1H. The molecule has 0 spiro atoms. The number of carbonyl (C=O) groups is 1. The minimum Gasteiger partial charge on any atom is -0.497 e. The summed E-state index contributed by atoms with van der Waals surface area (Å²) >= 11 is 0. The van der Waals surface area contributed by atoms with Gasteiger partial charge in [0.1, 0.15) is 11.5 Å². The number of methoxy groups -OCH3 is 1. The third-order valence-electron chi connectivity index (χ3n) is 4.52. The Kier molecular flexibility index (Phi) is 6.54. The van der Waals surface area contributed by atoms with Crippen LogP contribution < -0.4 is 14.8 Å². The first-order valence-electron chi connectivity index (χ1n) is 8.05. The molecule has 0 aliphatic carbocycles. The van der Waals surface area contributed by atoms with E-state index in [2.05, 4.69) is 5.32 Å². The smallest absolute Gasteiger partial charge is 0.226 e. The van der Waals surface area contributed by atoms with Gasteiger partial charge in [0, 0.05) is 25.2 Å². The molecule has 1 aromatic carbocycles. The molecule has 1 amide bonds. The average Bonchev–Trinajstić information content (AvgIpc) is 2.87. The van der Waals surface area contributed by atoms with Gasteiger partial charge in [0.25, 0.3) is 0 Å². The maximum Gasteiger partial charge on any atom is 0.226 e. The fourth-order valence-electron chi connectivity index (χ4n) is 3.26. The summed E-state index contributed by atoms with van der Waals surface area (Å²) in [6.45, 7) is 2.14. The highest BCUT2D eigenvalue weighted by molar-refractivity contribution is 5.85. The van der Waals surface area contributed by atoms with Crippen molar-refractivity contribution in [1.29, 1.82) is 0 Å². The van der Waals surface area contributed by atoms with E-state index in [1.54, 1.807) is 7.11 Å². The third-order valence-corrected chi connectivity index (χ3v) is 4.52. The number of nitrogens with zero attached hydrogens (tertiary/aromatic N) is 1. The van der Waals surface area contributed by atoms with Crippen molar-refractivity contribution in [3.05, 3.63) is 24.3 Å². The van der Waals surface area contributed by atoms with Crippen molar-refractivity contribution in [2.45, 2.75) is 37.8 Å². The van der Waals surface area contributed by atoms with Crippen molar-refractivity contribution in [2.75, 3.05) is 26.8 Å². The van der Waals surface area contributed by atoms with Crippen molar-refractivity contribution < 1.29 is 14.3 Å². The molecular weight excluding hydrogens is 316 g/mol. The number of benzene rings is 1. The number of hydrogen-bond donors (Lipinski definition) is 1. The molecule has 2 aliphatic heterocycles. The molecule has 1 aromatic rings. The van der Waals surface area contributed by atoms with Gasteiger partial charge in [-0.1, -0.05) is 0 Å². The minimum absolute atomic E-state index is 0. The number of nitrogens with one attached hydrogen (secondary N) is 1. The van der Waals surface area contributed by atoms with Crippen LogP contribution in [-0.4, -0.2) is 49.7 Å². The van der Waals surface area contributed by atoms with Crippen molar-refractivity contribution in [3.63, 3.8) is 0 Å². The van der Waals surface area contributed by atoms with Crippen LogP contribution in [0.2, 0.25) is 0 Å². The number of carbonyl (C=O) groups excluding carboxylic acids is 1. The first kappa shape index (κ1) is 17.9. The van der Waals surface area contributed by atoms with E-state index in [9.17, 15) is 4.79 Å². The Hall–Kier alpha value is -1.46. The molecule has 2 saturated heterocycles. The number of likely N-dealkylation sites (tertiary alicyclic amines) is 1. The number of halogens is 1. The van der Waals surface area contributed by atoms with Gasteiger partial charge in [-0.15, -0.1) is 12.4 Å². The molecule has 2 aliphatic rings. The Morgan fingerprint density at radius 3 is 2.61 bits per heavy atom. The molecule has 2 unspecified atom stereocenters. The highest BCUT2D eigenvalue weighted by atomic mass is 35.5. The molecule has 0 aromatic heterocycles. The van der Waals surface area contributed by atoms with Gasteiger partial charge >= 0.3 is 0 Å². The quantitative estimate of drug-likeness (QED) is 0.893. The molecule has 6 heteroatoms. The van der Waals surface area contributed by atoms with Crippen LogP contribution in [0.4, 0.5) is 0 Å². The van der Waals surface area contributed by atoms with E-state index in [1.165, 1.54) is 12.8 Å². The number of rotatable bonds is 5. The van der Waals surface area contributed by atoms with Crippen molar-refractivity contribution in [1.82, 2.24) is 10.2 Å². The molecule has 128 valence electrons. The molecular formula is C17H25ClN2O3. The molecule has 1 N–H and O–H groups in total. The second-order valence-corrected chi connectivity index (χ2v) is 6.04.